The zero-order valence-corrected chi connectivity index (χ0v) is 7.51. The van der Waals surface area contributed by atoms with Crippen LogP contribution in [0.1, 0.15) is 12.8 Å². The first kappa shape index (κ1) is 7.87. The van der Waals surface area contributed by atoms with Crippen LogP contribution < -0.4 is 5.32 Å². The zero-order valence-electron chi connectivity index (χ0n) is 6.76. The molecule has 1 fully saturated rings. The van der Waals surface area contributed by atoms with Crippen molar-refractivity contribution in [1.82, 2.24) is 4.98 Å². The topological polar surface area (TPSA) is 24.9 Å². The summed E-state index contributed by atoms with van der Waals surface area (Å²) in [5.74, 6) is 0.862. The third-order valence-electron chi connectivity index (χ3n) is 2.05. The van der Waals surface area contributed by atoms with Crippen molar-refractivity contribution in [2.75, 3.05) is 11.9 Å². The standard InChI is InChI=1S/C9H11ClN2/c10-8-3-4-11-6-9(8)12-5-7-1-2-7/h3-4,6-7,12H,1-2,5H2. The van der Waals surface area contributed by atoms with Crippen LogP contribution in [0.25, 0.3) is 0 Å². The second kappa shape index (κ2) is 3.31. The quantitative estimate of drug-likeness (QED) is 0.777. The number of nitrogens with one attached hydrogen (secondary N) is 1. The van der Waals surface area contributed by atoms with Crippen LogP contribution in [0, 0.1) is 5.92 Å². The van der Waals surface area contributed by atoms with E-state index in [0.29, 0.717) is 0 Å². The van der Waals surface area contributed by atoms with Crippen molar-refractivity contribution in [2.45, 2.75) is 12.8 Å². The largest absolute Gasteiger partial charge is 0.382 e. The van der Waals surface area contributed by atoms with Crippen LogP contribution >= 0.6 is 11.6 Å². The van der Waals surface area contributed by atoms with E-state index in [0.717, 1.165) is 23.2 Å². The van der Waals surface area contributed by atoms with Crippen LogP contribution in [0.4, 0.5) is 5.69 Å². The zero-order chi connectivity index (χ0) is 8.39. The van der Waals surface area contributed by atoms with Crippen molar-refractivity contribution < 1.29 is 0 Å². The fourth-order valence-electron chi connectivity index (χ4n) is 1.08. The maximum atomic E-state index is 5.93. The number of hydrogen-bond acceptors (Lipinski definition) is 2. The number of halogens is 1. The molecule has 1 aliphatic carbocycles. The molecule has 1 aliphatic rings. The van der Waals surface area contributed by atoms with Crippen LogP contribution in [0.15, 0.2) is 18.5 Å². The number of hydrogen-bond donors (Lipinski definition) is 1. The lowest BCUT2D eigenvalue weighted by Crippen LogP contribution is -2.03. The minimum Gasteiger partial charge on any atom is -0.382 e. The monoisotopic (exact) mass is 182 g/mol. The summed E-state index contributed by atoms with van der Waals surface area (Å²) >= 11 is 5.93. The van der Waals surface area contributed by atoms with E-state index in [2.05, 4.69) is 10.3 Å². The van der Waals surface area contributed by atoms with Gasteiger partial charge in [0.1, 0.15) is 0 Å². The summed E-state index contributed by atoms with van der Waals surface area (Å²) in [5, 5.41) is 4.04. The third kappa shape index (κ3) is 1.89. The molecule has 1 aromatic rings. The Bertz CT molecular complexity index is 271. The highest BCUT2D eigenvalue weighted by molar-refractivity contribution is 6.33. The van der Waals surface area contributed by atoms with Gasteiger partial charge in [-0.05, 0) is 24.8 Å². The van der Waals surface area contributed by atoms with E-state index in [1.807, 2.05) is 0 Å². The lowest BCUT2D eigenvalue weighted by molar-refractivity contribution is 0.888. The van der Waals surface area contributed by atoms with E-state index in [1.54, 1.807) is 18.5 Å². The molecular weight excluding hydrogens is 172 g/mol. The van der Waals surface area contributed by atoms with Crippen LogP contribution in [0.2, 0.25) is 5.02 Å². The summed E-state index contributed by atoms with van der Waals surface area (Å²) in [6.45, 7) is 1.03. The van der Waals surface area contributed by atoms with Crippen molar-refractivity contribution in [3.63, 3.8) is 0 Å². The third-order valence-corrected chi connectivity index (χ3v) is 2.38. The van der Waals surface area contributed by atoms with Gasteiger partial charge in [-0.15, -0.1) is 0 Å². The molecule has 2 rings (SSSR count). The first-order valence-corrected chi connectivity index (χ1v) is 4.57. The summed E-state index contributed by atoms with van der Waals surface area (Å²) in [6, 6.07) is 1.80. The van der Waals surface area contributed by atoms with Gasteiger partial charge in [-0.2, -0.15) is 0 Å². The smallest absolute Gasteiger partial charge is 0.0716 e. The van der Waals surface area contributed by atoms with E-state index < -0.39 is 0 Å². The summed E-state index contributed by atoms with van der Waals surface area (Å²) in [6.07, 6.45) is 6.17. The summed E-state index contributed by atoms with van der Waals surface area (Å²) in [5.41, 5.74) is 0.950. The minimum atomic E-state index is 0.755. The summed E-state index contributed by atoms with van der Waals surface area (Å²) in [4.78, 5) is 4.00. The van der Waals surface area contributed by atoms with Crippen molar-refractivity contribution in [3.05, 3.63) is 23.5 Å². The van der Waals surface area contributed by atoms with Gasteiger partial charge in [-0.1, -0.05) is 11.6 Å². The van der Waals surface area contributed by atoms with E-state index in [4.69, 9.17) is 11.6 Å². The molecule has 12 heavy (non-hydrogen) atoms. The molecule has 0 bridgehead atoms. The number of rotatable bonds is 3. The molecule has 0 aromatic carbocycles. The van der Waals surface area contributed by atoms with Crippen LogP contribution in [-0.2, 0) is 0 Å². The number of nitrogens with zero attached hydrogens (tertiary/aromatic N) is 1. The predicted molar refractivity (Wildman–Crippen MR) is 50.5 cm³/mol. The molecule has 2 nitrogen and oxygen atoms in total. The molecule has 1 N–H and O–H groups in total. The highest BCUT2D eigenvalue weighted by Crippen LogP contribution is 2.29. The molecule has 1 aromatic heterocycles. The molecule has 3 heteroatoms. The Labute approximate surface area is 77.0 Å². The highest BCUT2D eigenvalue weighted by Gasteiger charge is 2.20. The van der Waals surface area contributed by atoms with Crippen molar-refractivity contribution in [2.24, 2.45) is 5.92 Å². The highest BCUT2D eigenvalue weighted by atomic mass is 35.5. The molecule has 1 saturated carbocycles. The SMILES string of the molecule is Clc1ccncc1NCC1CC1. The Hall–Kier alpha value is -0.760. The maximum absolute atomic E-state index is 5.93. The Kier molecular flexibility index (Phi) is 2.17. The Morgan fingerprint density at radius 3 is 3.08 bits per heavy atom. The first-order valence-electron chi connectivity index (χ1n) is 4.19. The summed E-state index contributed by atoms with van der Waals surface area (Å²) < 4.78 is 0. The lowest BCUT2D eigenvalue weighted by atomic mass is 10.3. The van der Waals surface area contributed by atoms with Gasteiger partial charge >= 0.3 is 0 Å². The second-order valence-electron chi connectivity index (χ2n) is 3.18. The minimum absolute atomic E-state index is 0.755. The van der Waals surface area contributed by atoms with Crippen LogP contribution in [0.3, 0.4) is 0 Å². The fraction of sp³-hybridized carbons (Fsp3) is 0.444. The van der Waals surface area contributed by atoms with Gasteiger partial charge in [-0.3, -0.25) is 4.98 Å². The summed E-state index contributed by atoms with van der Waals surface area (Å²) in [7, 11) is 0. The molecule has 1 heterocycles. The Morgan fingerprint density at radius 2 is 2.42 bits per heavy atom. The van der Waals surface area contributed by atoms with Gasteiger partial charge in [0.25, 0.3) is 0 Å². The number of anilines is 1. The lowest BCUT2D eigenvalue weighted by Gasteiger charge is -2.05. The fourth-order valence-corrected chi connectivity index (χ4v) is 1.26. The van der Waals surface area contributed by atoms with E-state index >= 15 is 0 Å². The molecule has 0 aliphatic heterocycles. The van der Waals surface area contributed by atoms with Gasteiger partial charge in [0.05, 0.1) is 16.9 Å². The predicted octanol–water partition coefficient (Wildman–Crippen LogP) is 2.56. The average molecular weight is 183 g/mol. The van der Waals surface area contributed by atoms with Gasteiger partial charge in [0.2, 0.25) is 0 Å². The molecule has 0 saturated heterocycles. The molecular formula is C9H11ClN2. The number of aromatic nitrogens is 1. The van der Waals surface area contributed by atoms with Crippen LogP contribution in [-0.4, -0.2) is 11.5 Å². The first-order chi connectivity index (χ1) is 5.86. The molecule has 0 radical (unpaired) electrons. The van der Waals surface area contributed by atoms with Gasteiger partial charge in [0, 0.05) is 12.7 Å². The Morgan fingerprint density at radius 1 is 1.58 bits per heavy atom. The van der Waals surface area contributed by atoms with E-state index in [9.17, 15) is 0 Å². The molecule has 0 atom stereocenters. The Balaban J connectivity index is 1.96. The van der Waals surface area contributed by atoms with Gasteiger partial charge < -0.3 is 5.32 Å². The van der Waals surface area contributed by atoms with Gasteiger partial charge in [0.15, 0.2) is 0 Å². The van der Waals surface area contributed by atoms with Crippen molar-refractivity contribution >= 4 is 17.3 Å². The van der Waals surface area contributed by atoms with Gasteiger partial charge in [-0.25, -0.2) is 0 Å². The van der Waals surface area contributed by atoms with Crippen LogP contribution in [0.5, 0.6) is 0 Å². The maximum Gasteiger partial charge on any atom is 0.0716 e. The molecule has 0 spiro atoms. The van der Waals surface area contributed by atoms with E-state index in [-0.39, 0.29) is 0 Å². The molecule has 0 unspecified atom stereocenters. The second-order valence-corrected chi connectivity index (χ2v) is 3.59. The molecule has 0 amide bonds. The molecule has 64 valence electrons. The van der Waals surface area contributed by atoms with E-state index in [1.165, 1.54) is 12.8 Å². The average Bonchev–Trinajstić information content (AvgIpc) is 2.86. The number of pyridine rings is 1. The van der Waals surface area contributed by atoms with Crippen molar-refractivity contribution in [1.29, 1.82) is 0 Å². The normalized spacial score (nSPS) is 16.1. The van der Waals surface area contributed by atoms with Crippen molar-refractivity contribution in [3.8, 4) is 0 Å².